The molecule has 0 bridgehead atoms. The molecule has 1 aliphatic rings. The van der Waals surface area contributed by atoms with E-state index in [1.807, 2.05) is 54.6 Å². The highest BCUT2D eigenvalue weighted by molar-refractivity contribution is 9.10. The minimum atomic E-state index is -0.217. The Morgan fingerprint density at radius 2 is 1.52 bits per heavy atom. The summed E-state index contributed by atoms with van der Waals surface area (Å²) >= 11 is 3.37. The molecule has 1 saturated carbocycles. The van der Waals surface area contributed by atoms with E-state index >= 15 is 0 Å². The van der Waals surface area contributed by atoms with Gasteiger partial charge in [0.2, 0.25) is 0 Å². The van der Waals surface area contributed by atoms with Gasteiger partial charge in [0.25, 0.3) is 0 Å². The zero-order valence-corrected chi connectivity index (χ0v) is 13.2. The van der Waals surface area contributed by atoms with Crippen molar-refractivity contribution in [1.29, 1.82) is 0 Å². The summed E-state index contributed by atoms with van der Waals surface area (Å²) in [7, 11) is 0. The third-order valence-corrected chi connectivity index (χ3v) is 4.63. The van der Waals surface area contributed by atoms with Gasteiger partial charge in [-0.05, 0) is 24.6 Å². The highest BCUT2D eigenvalue weighted by Crippen LogP contribution is 2.55. The minimum Gasteiger partial charge on any atom is -0.300 e. The number of rotatable bonds is 4. The molecule has 3 rings (SSSR count). The Balaban J connectivity index is 1.88. The molecule has 0 saturated heterocycles. The van der Waals surface area contributed by atoms with Gasteiger partial charge in [0.15, 0.2) is 5.78 Å². The number of carbonyl (C=O) groups is 2. The Labute approximate surface area is 132 Å². The van der Waals surface area contributed by atoms with E-state index in [1.54, 1.807) is 6.92 Å². The molecule has 0 aromatic heterocycles. The smallest absolute Gasteiger partial charge is 0.167 e. The first kappa shape index (κ1) is 14.2. The molecule has 0 unspecified atom stereocenters. The van der Waals surface area contributed by atoms with Crippen LogP contribution in [-0.2, 0) is 4.79 Å². The lowest BCUT2D eigenvalue weighted by Gasteiger charge is -2.01. The van der Waals surface area contributed by atoms with Crippen molar-refractivity contribution in [3.8, 4) is 0 Å². The van der Waals surface area contributed by atoms with Crippen LogP contribution in [0.25, 0.3) is 0 Å². The zero-order chi connectivity index (χ0) is 15.0. The molecule has 1 fully saturated rings. The van der Waals surface area contributed by atoms with E-state index in [0.29, 0.717) is 5.56 Å². The summed E-state index contributed by atoms with van der Waals surface area (Å²) < 4.78 is 0.942. The first-order valence-electron chi connectivity index (χ1n) is 6.95. The molecule has 2 aromatic carbocycles. The van der Waals surface area contributed by atoms with Crippen molar-refractivity contribution in [1.82, 2.24) is 0 Å². The number of halogens is 1. The third-order valence-electron chi connectivity index (χ3n) is 4.11. The predicted molar refractivity (Wildman–Crippen MR) is 85.3 cm³/mol. The second-order valence-electron chi connectivity index (χ2n) is 5.47. The number of Topliss-reactive ketones (excluding diaryl/α,β-unsaturated/α-hetero) is 2. The standard InChI is InChI=1S/C18H15BrO2/c1-11(20)15-16(12-5-3-2-4-6-12)17(15)18(21)13-7-9-14(19)10-8-13/h2-10,15-17H,1H3/t15-,16-,17-/m0/s1. The van der Waals surface area contributed by atoms with Gasteiger partial charge in [0.05, 0.1) is 0 Å². The van der Waals surface area contributed by atoms with Gasteiger partial charge in [-0.2, -0.15) is 0 Å². The van der Waals surface area contributed by atoms with Gasteiger partial charge in [-0.1, -0.05) is 58.4 Å². The molecule has 0 radical (unpaired) electrons. The molecule has 0 spiro atoms. The zero-order valence-electron chi connectivity index (χ0n) is 11.6. The van der Waals surface area contributed by atoms with Gasteiger partial charge in [0.1, 0.15) is 5.78 Å². The van der Waals surface area contributed by atoms with Crippen molar-refractivity contribution >= 4 is 27.5 Å². The molecule has 3 heteroatoms. The lowest BCUT2D eigenvalue weighted by Crippen LogP contribution is -2.06. The predicted octanol–water partition coefficient (Wildman–Crippen LogP) is 4.25. The van der Waals surface area contributed by atoms with Gasteiger partial charge in [-0.25, -0.2) is 0 Å². The van der Waals surface area contributed by atoms with Crippen LogP contribution in [-0.4, -0.2) is 11.6 Å². The summed E-state index contributed by atoms with van der Waals surface area (Å²) in [6.07, 6.45) is 0. The second-order valence-corrected chi connectivity index (χ2v) is 6.39. The van der Waals surface area contributed by atoms with Gasteiger partial charge in [-0.3, -0.25) is 9.59 Å². The van der Waals surface area contributed by atoms with E-state index in [4.69, 9.17) is 0 Å². The number of benzene rings is 2. The Morgan fingerprint density at radius 1 is 0.905 bits per heavy atom. The van der Waals surface area contributed by atoms with E-state index in [2.05, 4.69) is 15.9 Å². The number of carbonyl (C=O) groups excluding carboxylic acids is 2. The molecule has 21 heavy (non-hydrogen) atoms. The van der Waals surface area contributed by atoms with Crippen LogP contribution in [0.1, 0.15) is 28.8 Å². The average molecular weight is 343 g/mol. The molecule has 0 amide bonds. The molecule has 0 N–H and O–H groups in total. The Morgan fingerprint density at radius 3 is 2.10 bits per heavy atom. The molecule has 2 aromatic rings. The van der Waals surface area contributed by atoms with E-state index in [1.165, 1.54) is 0 Å². The van der Waals surface area contributed by atoms with Crippen LogP contribution < -0.4 is 0 Å². The van der Waals surface area contributed by atoms with Crippen LogP contribution in [0.5, 0.6) is 0 Å². The van der Waals surface area contributed by atoms with Crippen LogP contribution in [0.2, 0.25) is 0 Å². The first-order chi connectivity index (χ1) is 10.1. The summed E-state index contributed by atoms with van der Waals surface area (Å²) in [5.41, 5.74) is 1.75. The fourth-order valence-electron chi connectivity index (χ4n) is 3.04. The lowest BCUT2D eigenvalue weighted by molar-refractivity contribution is -0.118. The topological polar surface area (TPSA) is 34.1 Å². The monoisotopic (exact) mass is 342 g/mol. The number of hydrogen-bond donors (Lipinski definition) is 0. The maximum absolute atomic E-state index is 12.6. The fourth-order valence-corrected chi connectivity index (χ4v) is 3.30. The van der Waals surface area contributed by atoms with Crippen molar-refractivity contribution in [2.24, 2.45) is 11.8 Å². The van der Waals surface area contributed by atoms with Crippen LogP contribution in [0.3, 0.4) is 0 Å². The Kier molecular flexibility index (Phi) is 3.77. The highest BCUT2D eigenvalue weighted by Gasteiger charge is 2.57. The van der Waals surface area contributed by atoms with Crippen LogP contribution in [0.4, 0.5) is 0 Å². The van der Waals surface area contributed by atoms with Crippen molar-refractivity contribution in [2.75, 3.05) is 0 Å². The maximum Gasteiger partial charge on any atom is 0.167 e. The normalized spacial score (nSPS) is 23.6. The Hall–Kier alpha value is -1.74. The summed E-state index contributed by atoms with van der Waals surface area (Å²) in [6, 6.07) is 17.2. The molecular weight excluding hydrogens is 328 g/mol. The van der Waals surface area contributed by atoms with Crippen LogP contribution in [0, 0.1) is 11.8 Å². The Bertz CT molecular complexity index is 676. The van der Waals surface area contributed by atoms with Crippen LogP contribution in [0.15, 0.2) is 59.1 Å². The number of hydrogen-bond acceptors (Lipinski definition) is 2. The van der Waals surface area contributed by atoms with Crippen molar-refractivity contribution in [2.45, 2.75) is 12.8 Å². The molecule has 0 heterocycles. The third kappa shape index (κ3) is 2.70. The lowest BCUT2D eigenvalue weighted by atomic mass is 10.0. The fraction of sp³-hybridized carbons (Fsp3) is 0.222. The highest BCUT2D eigenvalue weighted by atomic mass is 79.9. The molecule has 106 valence electrons. The van der Waals surface area contributed by atoms with E-state index in [-0.39, 0.29) is 29.3 Å². The summed E-state index contributed by atoms with van der Waals surface area (Å²) in [6.45, 7) is 1.58. The molecule has 3 atom stereocenters. The summed E-state index contributed by atoms with van der Waals surface area (Å²) in [4.78, 5) is 24.5. The minimum absolute atomic E-state index is 0.0276. The van der Waals surface area contributed by atoms with E-state index in [9.17, 15) is 9.59 Å². The summed E-state index contributed by atoms with van der Waals surface area (Å²) in [5.74, 6) is -0.203. The first-order valence-corrected chi connectivity index (χ1v) is 7.74. The summed E-state index contributed by atoms with van der Waals surface area (Å²) in [5, 5.41) is 0. The van der Waals surface area contributed by atoms with Gasteiger partial charge in [0, 0.05) is 27.8 Å². The van der Waals surface area contributed by atoms with E-state index < -0.39 is 0 Å². The quantitative estimate of drug-likeness (QED) is 0.778. The van der Waals surface area contributed by atoms with Crippen LogP contribution >= 0.6 is 15.9 Å². The van der Waals surface area contributed by atoms with E-state index in [0.717, 1.165) is 10.0 Å². The SMILES string of the molecule is CC(=O)[C@@H]1[C@H](C(=O)c2ccc(Br)cc2)[C@H]1c1ccccc1. The molecular formula is C18H15BrO2. The maximum atomic E-state index is 12.6. The molecule has 0 aliphatic heterocycles. The van der Waals surface area contributed by atoms with Crippen molar-refractivity contribution < 1.29 is 9.59 Å². The largest absolute Gasteiger partial charge is 0.300 e. The van der Waals surface area contributed by atoms with Crippen molar-refractivity contribution in [3.63, 3.8) is 0 Å². The second kappa shape index (κ2) is 5.57. The average Bonchev–Trinajstić information content (AvgIpc) is 3.24. The van der Waals surface area contributed by atoms with Gasteiger partial charge >= 0.3 is 0 Å². The van der Waals surface area contributed by atoms with Gasteiger partial charge < -0.3 is 0 Å². The molecule has 2 nitrogen and oxygen atoms in total. The molecule has 1 aliphatic carbocycles. The van der Waals surface area contributed by atoms with Gasteiger partial charge in [-0.15, -0.1) is 0 Å². The number of ketones is 2. The van der Waals surface area contributed by atoms with Crippen molar-refractivity contribution in [3.05, 3.63) is 70.2 Å².